The highest BCUT2D eigenvalue weighted by molar-refractivity contribution is 6.30. The average molecular weight is 427 g/mol. The molecule has 1 aliphatic heterocycles. The number of nitrogens with zero attached hydrogens (tertiary/aromatic N) is 2. The van der Waals surface area contributed by atoms with Crippen molar-refractivity contribution < 1.29 is 9.59 Å². The van der Waals surface area contributed by atoms with Crippen molar-refractivity contribution in [3.8, 4) is 6.07 Å². The van der Waals surface area contributed by atoms with Crippen LogP contribution in [-0.2, 0) is 4.79 Å². The van der Waals surface area contributed by atoms with Crippen LogP contribution in [0.25, 0.3) is 5.70 Å². The van der Waals surface area contributed by atoms with Gasteiger partial charge < -0.3 is 10.6 Å². The molecule has 0 radical (unpaired) electrons. The summed E-state index contributed by atoms with van der Waals surface area (Å²) in [5.41, 5.74) is 2.25. The van der Waals surface area contributed by atoms with Crippen LogP contribution in [0.2, 0.25) is 5.02 Å². The van der Waals surface area contributed by atoms with Crippen LogP contribution in [0.3, 0.4) is 0 Å². The second-order valence-corrected chi connectivity index (χ2v) is 7.06. The highest BCUT2D eigenvalue weighted by Crippen LogP contribution is 2.31. The van der Waals surface area contributed by atoms with E-state index in [-0.39, 0.29) is 23.0 Å². The van der Waals surface area contributed by atoms with Crippen molar-refractivity contribution in [3.05, 3.63) is 106 Å². The minimum atomic E-state index is -0.576. The van der Waals surface area contributed by atoms with Gasteiger partial charge in [0.15, 0.2) is 0 Å². The molecule has 0 unspecified atom stereocenters. The lowest BCUT2D eigenvalue weighted by molar-refractivity contribution is -0.112. The Morgan fingerprint density at radius 3 is 2.16 bits per heavy atom. The summed E-state index contributed by atoms with van der Waals surface area (Å²) in [5.74, 6) is -0.683. The van der Waals surface area contributed by atoms with Gasteiger partial charge in [0.2, 0.25) is 0 Å². The predicted molar refractivity (Wildman–Crippen MR) is 120 cm³/mol. The maximum atomic E-state index is 12.8. The van der Waals surface area contributed by atoms with Crippen molar-refractivity contribution in [2.75, 3.05) is 5.32 Å². The molecule has 0 atom stereocenters. The molecule has 7 heteroatoms. The van der Waals surface area contributed by atoms with Crippen LogP contribution in [-0.4, -0.2) is 17.6 Å². The minimum Gasteiger partial charge on any atom is -0.321 e. The molecule has 4 rings (SSSR count). The molecule has 31 heavy (non-hydrogen) atoms. The Bertz CT molecular complexity index is 1270. The second-order valence-electron chi connectivity index (χ2n) is 6.62. The van der Waals surface area contributed by atoms with Gasteiger partial charge in [-0.05, 0) is 36.4 Å². The number of benzene rings is 3. The number of anilines is 1. The molecule has 3 aromatic rings. The first kappa shape index (κ1) is 20.1. The number of halogens is 1. The number of amidine groups is 1. The molecule has 0 aliphatic carbocycles. The van der Waals surface area contributed by atoms with E-state index in [0.29, 0.717) is 27.4 Å². The van der Waals surface area contributed by atoms with Gasteiger partial charge in [0.25, 0.3) is 11.8 Å². The molecule has 0 aromatic heterocycles. The van der Waals surface area contributed by atoms with Gasteiger partial charge in [-0.2, -0.15) is 5.26 Å². The Morgan fingerprint density at radius 1 is 0.839 bits per heavy atom. The van der Waals surface area contributed by atoms with E-state index in [1.165, 1.54) is 0 Å². The van der Waals surface area contributed by atoms with Gasteiger partial charge in [0.05, 0.1) is 5.70 Å². The lowest BCUT2D eigenvalue weighted by Gasteiger charge is -2.06. The summed E-state index contributed by atoms with van der Waals surface area (Å²) in [6, 6.07) is 24.3. The van der Waals surface area contributed by atoms with E-state index in [0.717, 1.165) is 0 Å². The van der Waals surface area contributed by atoms with Crippen molar-refractivity contribution in [1.29, 1.82) is 5.26 Å². The molecule has 1 aliphatic rings. The molecule has 0 bridgehead atoms. The third kappa shape index (κ3) is 4.22. The normalized spacial score (nSPS) is 13.5. The fourth-order valence-electron chi connectivity index (χ4n) is 3.12. The van der Waals surface area contributed by atoms with Gasteiger partial charge in [-0.25, -0.2) is 4.99 Å². The van der Waals surface area contributed by atoms with E-state index in [4.69, 9.17) is 11.6 Å². The van der Waals surface area contributed by atoms with Crippen LogP contribution >= 0.6 is 11.6 Å². The molecule has 2 amide bonds. The first-order valence-electron chi connectivity index (χ1n) is 9.33. The number of carbonyl (C=O) groups excluding carboxylic acids is 2. The van der Waals surface area contributed by atoms with Crippen LogP contribution in [0, 0.1) is 11.3 Å². The monoisotopic (exact) mass is 426 g/mol. The largest absolute Gasteiger partial charge is 0.321 e. The van der Waals surface area contributed by atoms with Crippen LogP contribution in [0.4, 0.5) is 5.69 Å². The summed E-state index contributed by atoms with van der Waals surface area (Å²) < 4.78 is 0. The number of aliphatic imine (C=N–C) groups is 1. The Kier molecular flexibility index (Phi) is 5.61. The van der Waals surface area contributed by atoms with Gasteiger partial charge in [0.1, 0.15) is 17.5 Å². The highest BCUT2D eigenvalue weighted by Gasteiger charge is 2.27. The van der Waals surface area contributed by atoms with Crippen molar-refractivity contribution >= 4 is 40.6 Å². The maximum absolute atomic E-state index is 12.8. The quantitative estimate of drug-likeness (QED) is 0.480. The molecule has 0 saturated heterocycles. The Labute approximate surface area is 183 Å². The molecular weight excluding hydrogens is 412 g/mol. The van der Waals surface area contributed by atoms with Gasteiger partial charge in [-0.15, -0.1) is 0 Å². The zero-order valence-electron chi connectivity index (χ0n) is 16.1. The zero-order chi connectivity index (χ0) is 21.8. The lowest BCUT2D eigenvalue weighted by atomic mass is 10.0. The molecule has 2 N–H and O–H groups in total. The standard InChI is InChI=1S/C24H15ClN4O2/c25-16-12-10-15(11-13-16)23(30)29-22-19-9-5-4-8-18(19)21(28-22)20(14-26)24(31)27-17-6-2-1-3-7-17/h1-13H,(H,27,31)(H,28,29,30)/b21-20-. The number of hydrogen-bond donors (Lipinski definition) is 2. The number of fused-ring (bicyclic) bond motifs is 1. The third-order valence-corrected chi connectivity index (χ3v) is 4.86. The van der Waals surface area contributed by atoms with Gasteiger partial charge in [-0.1, -0.05) is 54.1 Å². The number of carbonyl (C=O) groups is 2. The van der Waals surface area contributed by atoms with Crippen LogP contribution in [0.1, 0.15) is 21.5 Å². The first-order chi connectivity index (χ1) is 15.1. The summed E-state index contributed by atoms with van der Waals surface area (Å²) in [6.45, 7) is 0. The molecule has 150 valence electrons. The van der Waals surface area contributed by atoms with Crippen molar-refractivity contribution in [2.24, 2.45) is 4.99 Å². The Morgan fingerprint density at radius 2 is 1.48 bits per heavy atom. The van der Waals surface area contributed by atoms with Gasteiger partial charge >= 0.3 is 0 Å². The summed E-state index contributed by atoms with van der Waals surface area (Å²) >= 11 is 5.88. The maximum Gasteiger partial charge on any atom is 0.268 e. The summed E-state index contributed by atoms with van der Waals surface area (Å²) in [5, 5.41) is 15.7. The van der Waals surface area contributed by atoms with Gasteiger partial charge in [0, 0.05) is 27.4 Å². The van der Waals surface area contributed by atoms with Crippen molar-refractivity contribution in [1.82, 2.24) is 5.32 Å². The highest BCUT2D eigenvalue weighted by atomic mass is 35.5. The van der Waals surface area contributed by atoms with E-state index < -0.39 is 5.91 Å². The number of amides is 2. The topological polar surface area (TPSA) is 94.3 Å². The Balaban J connectivity index is 1.69. The van der Waals surface area contributed by atoms with E-state index in [1.54, 1.807) is 72.8 Å². The average Bonchev–Trinajstić information content (AvgIpc) is 3.13. The molecule has 0 fully saturated rings. The fourth-order valence-corrected chi connectivity index (χ4v) is 3.25. The Hall–Kier alpha value is -4.21. The van der Waals surface area contributed by atoms with Crippen LogP contribution in [0.5, 0.6) is 0 Å². The predicted octanol–water partition coefficient (Wildman–Crippen LogP) is 4.40. The number of hydrogen-bond acceptors (Lipinski definition) is 4. The van der Waals surface area contributed by atoms with E-state index in [9.17, 15) is 14.9 Å². The van der Waals surface area contributed by atoms with E-state index in [2.05, 4.69) is 15.6 Å². The fraction of sp³-hybridized carbons (Fsp3) is 0. The number of nitrogens with one attached hydrogen (secondary N) is 2. The number of para-hydroxylation sites is 1. The van der Waals surface area contributed by atoms with E-state index >= 15 is 0 Å². The third-order valence-electron chi connectivity index (χ3n) is 4.61. The first-order valence-corrected chi connectivity index (χ1v) is 9.71. The number of rotatable bonds is 3. The smallest absolute Gasteiger partial charge is 0.268 e. The molecular formula is C24H15ClN4O2. The van der Waals surface area contributed by atoms with Crippen LogP contribution in [0.15, 0.2) is 89.4 Å². The minimum absolute atomic E-state index is 0.146. The van der Waals surface area contributed by atoms with Crippen LogP contribution < -0.4 is 10.6 Å². The summed E-state index contributed by atoms with van der Waals surface area (Å²) in [4.78, 5) is 29.8. The van der Waals surface area contributed by atoms with Crippen molar-refractivity contribution in [2.45, 2.75) is 0 Å². The molecule has 1 heterocycles. The van der Waals surface area contributed by atoms with E-state index in [1.807, 2.05) is 12.1 Å². The summed E-state index contributed by atoms with van der Waals surface area (Å²) in [7, 11) is 0. The number of nitriles is 1. The van der Waals surface area contributed by atoms with Crippen molar-refractivity contribution in [3.63, 3.8) is 0 Å². The molecule has 0 spiro atoms. The van der Waals surface area contributed by atoms with Gasteiger partial charge in [-0.3, -0.25) is 9.59 Å². The molecule has 0 saturated carbocycles. The SMILES string of the molecule is N#C/C(C(=O)Nc1ccccc1)=C1/N=C(NC(=O)c2ccc(Cl)cc2)c2ccccc21. The second kappa shape index (κ2) is 8.66. The molecule has 3 aromatic carbocycles. The zero-order valence-corrected chi connectivity index (χ0v) is 16.9. The lowest BCUT2D eigenvalue weighted by Crippen LogP contribution is -2.30. The molecule has 6 nitrogen and oxygen atoms in total. The summed E-state index contributed by atoms with van der Waals surface area (Å²) in [6.07, 6.45) is 0.